The molecule has 0 bridgehead atoms. The van der Waals surface area contributed by atoms with Crippen LogP contribution in [0.25, 0.3) is 0 Å². The lowest BCUT2D eigenvalue weighted by atomic mass is 9.79. The predicted octanol–water partition coefficient (Wildman–Crippen LogP) is 4.57. The average molecular weight is 491 g/mol. The van der Waals surface area contributed by atoms with Gasteiger partial charge in [0.25, 0.3) is 5.91 Å². The van der Waals surface area contributed by atoms with Gasteiger partial charge < -0.3 is 19.7 Å². The average Bonchev–Trinajstić information content (AvgIpc) is 2.89. The first-order chi connectivity index (χ1) is 17.5. The van der Waals surface area contributed by atoms with Gasteiger partial charge in [-0.1, -0.05) is 42.5 Å². The fourth-order valence-corrected chi connectivity index (χ4v) is 4.53. The number of carbonyl (C=O) groups is 3. The van der Waals surface area contributed by atoms with E-state index in [9.17, 15) is 18.8 Å². The first kappa shape index (κ1) is 25.1. The summed E-state index contributed by atoms with van der Waals surface area (Å²) in [5, 5.41) is 2.88. The van der Waals surface area contributed by atoms with Crippen molar-refractivity contribution in [2.75, 3.05) is 32.2 Å². The SMILES string of the molecule is CCOC(=O)c1ccccc1NC(=O)[C@@H]1c2ccccc2C(=O)N(CCOC)[C@H]1c1ccc(F)cc1. The van der Waals surface area contributed by atoms with Crippen LogP contribution in [0, 0.1) is 5.82 Å². The molecule has 0 aliphatic carbocycles. The molecule has 36 heavy (non-hydrogen) atoms. The van der Waals surface area contributed by atoms with Crippen molar-refractivity contribution >= 4 is 23.5 Å². The molecule has 0 unspecified atom stereocenters. The van der Waals surface area contributed by atoms with Gasteiger partial charge in [0.15, 0.2) is 0 Å². The maximum atomic E-state index is 13.9. The fourth-order valence-electron chi connectivity index (χ4n) is 4.53. The molecule has 0 fully saturated rings. The summed E-state index contributed by atoms with van der Waals surface area (Å²) < 4.78 is 24.1. The highest BCUT2D eigenvalue weighted by atomic mass is 19.1. The summed E-state index contributed by atoms with van der Waals surface area (Å²) in [5.41, 5.74) is 2.09. The lowest BCUT2D eigenvalue weighted by Gasteiger charge is -2.41. The van der Waals surface area contributed by atoms with Crippen molar-refractivity contribution in [3.05, 3.63) is 101 Å². The lowest BCUT2D eigenvalue weighted by molar-refractivity contribution is -0.119. The minimum absolute atomic E-state index is 0.195. The van der Waals surface area contributed by atoms with Gasteiger partial charge in [0.2, 0.25) is 5.91 Å². The number of benzene rings is 3. The molecule has 0 aromatic heterocycles. The molecule has 8 heteroatoms. The highest BCUT2D eigenvalue weighted by Gasteiger charge is 2.44. The van der Waals surface area contributed by atoms with Crippen LogP contribution in [0.2, 0.25) is 0 Å². The minimum Gasteiger partial charge on any atom is -0.462 e. The maximum absolute atomic E-state index is 13.9. The lowest BCUT2D eigenvalue weighted by Crippen LogP contribution is -2.47. The number of hydrogen-bond acceptors (Lipinski definition) is 5. The second-order valence-corrected chi connectivity index (χ2v) is 8.31. The van der Waals surface area contributed by atoms with Crippen LogP contribution in [-0.4, -0.2) is 49.6 Å². The number of amides is 2. The number of nitrogens with zero attached hydrogens (tertiary/aromatic N) is 1. The summed E-state index contributed by atoms with van der Waals surface area (Å²) in [6.07, 6.45) is 0. The molecule has 186 valence electrons. The number of esters is 1. The molecule has 2 amide bonds. The summed E-state index contributed by atoms with van der Waals surface area (Å²) in [5.74, 6) is -2.47. The van der Waals surface area contributed by atoms with Crippen LogP contribution in [0.5, 0.6) is 0 Å². The summed E-state index contributed by atoms with van der Waals surface area (Å²) in [7, 11) is 1.53. The highest BCUT2D eigenvalue weighted by Crippen LogP contribution is 2.43. The largest absolute Gasteiger partial charge is 0.462 e. The molecular formula is C28H27FN2O5. The van der Waals surface area contributed by atoms with Gasteiger partial charge in [-0.05, 0) is 48.4 Å². The molecule has 0 saturated heterocycles. The molecule has 1 heterocycles. The smallest absolute Gasteiger partial charge is 0.340 e. The van der Waals surface area contributed by atoms with Crippen LogP contribution in [0.3, 0.4) is 0 Å². The molecule has 1 aliphatic heterocycles. The number of anilines is 1. The van der Waals surface area contributed by atoms with E-state index in [1.807, 2.05) is 0 Å². The monoisotopic (exact) mass is 490 g/mol. The molecule has 0 radical (unpaired) electrons. The normalized spacial score (nSPS) is 16.9. The molecule has 0 spiro atoms. The third-order valence-electron chi connectivity index (χ3n) is 6.15. The maximum Gasteiger partial charge on any atom is 0.340 e. The molecule has 3 aromatic rings. The van der Waals surface area contributed by atoms with Crippen LogP contribution in [0.4, 0.5) is 10.1 Å². The standard InChI is InChI=1S/C28H27FN2O5/c1-3-36-28(34)22-10-6-7-11-23(22)30-26(32)24-20-8-4-5-9-21(20)27(33)31(16-17-35-2)25(24)18-12-14-19(29)15-13-18/h4-15,24-25H,3,16-17H2,1-2H3,(H,30,32)/t24-,25+/m1/s1. The number of rotatable bonds is 8. The molecule has 1 aliphatic rings. The van der Waals surface area contributed by atoms with E-state index in [2.05, 4.69) is 5.32 Å². The zero-order valence-corrected chi connectivity index (χ0v) is 20.1. The van der Waals surface area contributed by atoms with Crippen molar-refractivity contribution in [2.45, 2.75) is 18.9 Å². The Kier molecular flexibility index (Phi) is 7.75. The number of fused-ring (bicyclic) bond motifs is 1. The van der Waals surface area contributed by atoms with Crippen LogP contribution in [0.15, 0.2) is 72.8 Å². The van der Waals surface area contributed by atoms with E-state index in [4.69, 9.17) is 9.47 Å². The summed E-state index contributed by atoms with van der Waals surface area (Å²) >= 11 is 0. The Hall–Kier alpha value is -4.04. The Morgan fingerprint density at radius 2 is 1.69 bits per heavy atom. The molecule has 1 N–H and O–H groups in total. The highest BCUT2D eigenvalue weighted by molar-refractivity contribution is 6.07. The predicted molar refractivity (Wildman–Crippen MR) is 132 cm³/mol. The van der Waals surface area contributed by atoms with Crippen molar-refractivity contribution in [1.29, 1.82) is 0 Å². The molecular weight excluding hydrogens is 463 g/mol. The van der Waals surface area contributed by atoms with E-state index in [0.29, 0.717) is 22.4 Å². The number of nitrogens with one attached hydrogen (secondary N) is 1. The quantitative estimate of drug-likeness (QED) is 0.468. The first-order valence-electron chi connectivity index (χ1n) is 11.7. The van der Waals surface area contributed by atoms with E-state index >= 15 is 0 Å². The third kappa shape index (κ3) is 4.99. The van der Waals surface area contributed by atoms with E-state index in [-0.39, 0.29) is 31.2 Å². The number of ether oxygens (including phenoxy) is 2. The van der Waals surface area contributed by atoms with Gasteiger partial charge in [-0.15, -0.1) is 0 Å². The van der Waals surface area contributed by atoms with Gasteiger partial charge in [0.1, 0.15) is 5.82 Å². The zero-order valence-electron chi connectivity index (χ0n) is 20.1. The third-order valence-corrected chi connectivity index (χ3v) is 6.15. The van der Waals surface area contributed by atoms with Gasteiger partial charge in [-0.2, -0.15) is 0 Å². The van der Waals surface area contributed by atoms with Gasteiger partial charge >= 0.3 is 5.97 Å². The van der Waals surface area contributed by atoms with Crippen molar-refractivity contribution < 1.29 is 28.2 Å². The number of hydrogen-bond donors (Lipinski definition) is 1. The number of halogens is 1. The Morgan fingerprint density at radius 3 is 2.42 bits per heavy atom. The molecule has 0 saturated carbocycles. The fraction of sp³-hybridized carbons (Fsp3) is 0.250. The van der Waals surface area contributed by atoms with E-state index in [1.54, 1.807) is 72.5 Å². The molecule has 4 rings (SSSR count). The van der Waals surface area contributed by atoms with Gasteiger partial charge in [-0.25, -0.2) is 9.18 Å². The molecule has 7 nitrogen and oxygen atoms in total. The van der Waals surface area contributed by atoms with Crippen molar-refractivity contribution in [2.24, 2.45) is 0 Å². The van der Waals surface area contributed by atoms with Crippen LogP contribution in [-0.2, 0) is 14.3 Å². The van der Waals surface area contributed by atoms with Crippen LogP contribution in [0.1, 0.15) is 50.7 Å². The Morgan fingerprint density at radius 1 is 1.00 bits per heavy atom. The topological polar surface area (TPSA) is 84.9 Å². The minimum atomic E-state index is -0.837. The van der Waals surface area contributed by atoms with E-state index < -0.39 is 29.7 Å². The summed E-state index contributed by atoms with van der Waals surface area (Å²) in [4.78, 5) is 41.5. The van der Waals surface area contributed by atoms with Gasteiger partial charge in [-0.3, -0.25) is 9.59 Å². The van der Waals surface area contributed by atoms with E-state index in [1.165, 1.54) is 19.2 Å². The second-order valence-electron chi connectivity index (χ2n) is 8.31. The molecule has 2 atom stereocenters. The number of para-hydroxylation sites is 1. The summed E-state index contributed by atoms with van der Waals surface area (Å²) in [6, 6.07) is 18.6. The van der Waals surface area contributed by atoms with Gasteiger partial charge in [0, 0.05) is 19.2 Å². The Labute approximate surface area is 208 Å². The Bertz CT molecular complexity index is 1260. The second kappa shape index (κ2) is 11.1. The first-order valence-corrected chi connectivity index (χ1v) is 11.7. The van der Waals surface area contributed by atoms with Crippen LogP contribution < -0.4 is 5.32 Å². The summed E-state index contributed by atoms with van der Waals surface area (Å²) in [6.45, 7) is 2.39. The number of methoxy groups -OCH3 is 1. The number of carbonyl (C=O) groups excluding carboxylic acids is 3. The zero-order chi connectivity index (χ0) is 25.7. The van der Waals surface area contributed by atoms with Crippen LogP contribution >= 0.6 is 0 Å². The molecule has 3 aromatic carbocycles. The van der Waals surface area contributed by atoms with Crippen molar-refractivity contribution in [3.8, 4) is 0 Å². The van der Waals surface area contributed by atoms with Gasteiger partial charge in [0.05, 0.1) is 36.4 Å². The van der Waals surface area contributed by atoms with E-state index in [0.717, 1.165) is 0 Å². The van der Waals surface area contributed by atoms with Crippen molar-refractivity contribution in [3.63, 3.8) is 0 Å². The Balaban J connectivity index is 1.81. The van der Waals surface area contributed by atoms with Crippen molar-refractivity contribution in [1.82, 2.24) is 4.90 Å².